The predicted molar refractivity (Wildman–Crippen MR) is 306 cm³/mol. The molecule has 6 aliphatic rings. The average Bonchev–Trinajstić information content (AvgIpc) is 3.32. The molecule has 7 aromatic carbocycles. The molecule has 0 bridgehead atoms. The van der Waals surface area contributed by atoms with Crippen LogP contribution in [0.2, 0.25) is 0 Å². The van der Waals surface area contributed by atoms with E-state index in [1.54, 1.807) is 0 Å². The first-order valence-corrected chi connectivity index (χ1v) is 26.9. The third kappa shape index (κ3) is 6.58. The Hall–Kier alpha value is -6.13. The first-order valence-electron chi connectivity index (χ1n) is 26.9. The fraction of sp³-hybridized carbons (Fsp3) is 0.364. The monoisotopic (exact) mass is 945 g/mol. The van der Waals surface area contributed by atoms with Crippen molar-refractivity contribution in [2.45, 2.75) is 155 Å². The Kier molecular flexibility index (Phi) is 9.37. The van der Waals surface area contributed by atoms with Gasteiger partial charge in [0.1, 0.15) is 23.0 Å². The molecule has 4 heterocycles. The molecule has 2 aliphatic carbocycles. The molecular formula is C66H70B2N2O2. The van der Waals surface area contributed by atoms with Gasteiger partial charge in [0.25, 0.3) is 13.4 Å². The van der Waals surface area contributed by atoms with E-state index in [1.807, 2.05) is 0 Å². The van der Waals surface area contributed by atoms with Crippen LogP contribution in [0.4, 0.5) is 34.1 Å². The number of nitrogens with zero attached hydrogens (tertiary/aromatic N) is 2. The largest absolute Gasteiger partial charge is 0.458 e. The lowest BCUT2D eigenvalue weighted by Crippen LogP contribution is -2.63. The molecule has 0 unspecified atom stereocenters. The van der Waals surface area contributed by atoms with Crippen molar-refractivity contribution in [2.75, 3.05) is 9.80 Å². The molecule has 0 fully saturated rings. The van der Waals surface area contributed by atoms with Crippen LogP contribution in [0.25, 0.3) is 0 Å². The smallest absolute Gasteiger partial charge is 0.256 e. The van der Waals surface area contributed by atoms with Gasteiger partial charge < -0.3 is 19.3 Å². The number of para-hydroxylation sites is 2. The van der Waals surface area contributed by atoms with E-state index >= 15 is 0 Å². The van der Waals surface area contributed by atoms with E-state index < -0.39 is 0 Å². The van der Waals surface area contributed by atoms with Gasteiger partial charge in [-0.15, -0.1) is 0 Å². The first kappa shape index (κ1) is 45.7. The molecule has 7 aromatic rings. The summed E-state index contributed by atoms with van der Waals surface area (Å²) < 4.78 is 14.8. The van der Waals surface area contributed by atoms with Crippen molar-refractivity contribution >= 4 is 80.3 Å². The van der Waals surface area contributed by atoms with Gasteiger partial charge in [0.2, 0.25) is 0 Å². The van der Waals surface area contributed by atoms with E-state index in [1.165, 1.54) is 107 Å². The highest BCUT2D eigenvalue weighted by molar-refractivity contribution is 7.02. The number of hydrogen-bond acceptors (Lipinski definition) is 4. The van der Waals surface area contributed by atoms with E-state index in [2.05, 4.69) is 228 Å². The van der Waals surface area contributed by atoms with Crippen molar-refractivity contribution in [3.05, 3.63) is 155 Å². The number of rotatable bonds is 2. The van der Waals surface area contributed by atoms with Gasteiger partial charge in [0.05, 0.1) is 0 Å². The summed E-state index contributed by atoms with van der Waals surface area (Å²) in [5, 5.41) is 0. The Bertz CT molecular complexity index is 3480. The van der Waals surface area contributed by atoms with Crippen LogP contribution >= 0.6 is 0 Å². The van der Waals surface area contributed by atoms with Gasteiger partial charge in [0.15, 0.2) is 0 Å². The summed E-state index contributed by atoms with van der Waals surface area (Å²) in [6.45, 7) is 33.5. The van der Waals surface area contributed by atoms with Gasteiger partial charge in [-0.3, -0.25) is 0 Å². The van der Waals surface area contributed by atoms with Crippen LogP contribution in [0.1, 0.15) is 156 Å². The third-order valence-corrected chi connectivity index (χ3v) is 18.4. The molecule has 6 heteroatoms. The summed E-state index contributed by atoms with van der Waals surface area (Å²) >= 11 is 0. The lowest BCUT2D eigenvalue weighted by atomic mass is 9.30. The third-order valence-electron chi connectivity index (χ3n) is 18.4. The van der Waals surface area contributed by atoms with Crippen molar-refractivity contribution in [1.82, 2.24) is 0 Å². The molecule has 13 rings (SSSR count). The van der Waals surface area contributed by atoms with Crippen molar-refractivity contribution in [1.29, 1.82) is 0 Å². The normalized spacial score (nSPS) is 18.8. The van der Waals surface area contributed by atoms with E-state index in [0.29, 0.717) is 0 Å². The van der Waals surface area contributed by atoms with Crippen molar-refractivity contribution in [3.63, 3.8) is 0 Å². The second-order valence-electron chi connectivity index (χ2n) is 27.1. The van der Waals surface area contributed by atoms with Crippen LogP contribution in [0.3, 0.4) is 0 Å². The van der Waals surface area contributed by atoms with Gasteiger partial charge in [0, 0.05) is 40.2 Å². The van der Waals surface area contributed by atoms with Crippen LogP contribution in [0.5, 0.6) is 23.0 Å². The van der Waals surface area contributed by atoms with Gasteiger partial charge in [-0.05, 0) is 185 Å². The fourth-order valence-corrected chi connectivity index (χ4v) is 13.7. The lowest BCUT2D eigenvalue weighted by molar-refractivity contribution is 0.332. The van der Waals surface area contributed by atoms with Crippen molar-refractivity contribution in [2.24, 2.45) is 0 Å². The quantitative estimate of drug-likeness (QED) is 0.161. The number of ether oxygens (including phenoxy) is 2. The van der Waals surface area contributed by atoms with E-state index in [0.717, 1.165) is 41.5 Å². The maximum absolute atomic E-state index is 7.47. The summed E-state index contributed by atoms with van der Waals surface area (Å²) in [5.74, 6) is 3.61. The van der Waals surface area contributed by atoms with Crippen LogP contribution in [-0.4, -0.2) is 13.4 Å². The standard InChI is InChI=1S/C66H70B2N2O2/c1-61(2,3)39-30-53-59-57(32-39)71-55-38-56-50(37-49(55)67(59)47-22-18-19-23-51(47)69(53)41-20-16-15-17-21-41)68-48-35-45-46(66(13,14)29-28-65(45,11)12)36-52(48)70(54-31-40(62(4,5)6)33-58(72-56)60(54)68)42-24-25-43-44(34-42)64(9,10)27-26-63(43,7)8/h15-25,30-38H,26-29H2,1-14H3. The Morgan fingerprint density at radius 2 is 0.847 bits per heavy atom. The lowest BCUT2D eigenvalue weighted by Gasteiger charge is -2.47. The zero-order valence-corrected chi connectivity index (χ0v) is 45.2. The molecule has 0 spiro atoms. The van der Waals surface area contributed by atoms with Crippen molar-refractivity contribution < 1.29 is 9.47 Å². The Morgan fingerprint density at radius 1 is 0.375 bits per heavy atom. The molecule has 0 N–H and O–H groups in total. The second-order valence-corrected chi connectivity index (χ2v) is 27.1. The highest BCUT2D eigenvalue weighted by atomic mass is 16.5. The minimum atomic E-state index is -0.131. The Morgan fingerprint density at radius 3 is 1.40 bits per heavy atom. The van der Waals surface area contributed by atoms with E-state index in [-0.39, 0.29) is 45.9 Å². The summed E-state index contributed by atoms with van der Waals surface area (Å²) in [5.41, 5.74) is 23.2. The highest BCUT2D eigenvalue weighted by Gasteiger charge is 2.49. The summed E-state index contributed by atoms with van der Waals surface area (Å²) in [6.07, 6.45) is 4.66. The predicted octanol–water partition coefficient (Wildman–Crippen LogP) is 13.8. The Balaban J connectivity index is 1.09. The van der Waals surface area contributed by atoms with Crippen LogP contribution in [0.15, 0.2) is 121 Å². The topological polar surface area (TPSA) is 24.9 Å². The minimum absolute atomic E-state index is 0.0193. The van der Waals surface area contributed by atoms with Gasteiger partial charge in [-0.1, -0.05) is 152 Å². The molecule has 4 aliphatic heterocycles. The molecule has 0 amide bonds. The van der Waals surface area contributed by atoms with Crippen LogP contribution in [0, 0.1) is 0 Å². The van der Waals surface area contributed by atoms with Gasteiger partial charge in [-0.25, -0.2) is 0 Å². The average molecular weight is 945 g/mol. The second kappa shape index (κ2) is 14.8. The molecule has 0 radical (unpaired) electrons. The Labute approximate surface area is 430 Å². The summed E-state index contributed by atoms with van der Waals surface area (Å²) in [6, 6.07) is 47.0. The van der Waals surface area contributed by atoms with Crippen LogP contribution < -0.4 is 52.1 Å². The maximum atomic E-state index is 7.47. The highest BCUT2D eigenvalue weighted by Crippen LogP contribution is 2.53. The molecule has 4 nitrogen and oxygen atoms in total. The fourth-order valence-electron chi connectivity index (χ4n) is 13.7. The SMILES string of the molecule is CC(C)(C)c1cc2c3c(c1)N(c1ccccc1)c1ccccc1B3c1cc3c(cc1O2)Oc1cc(C(C)(C)C)cc2c1B3c1cc3c(cc1N2c1ccc2c(c1)C(C)(C)CCC2(C)C)C(C)(C)CCC3(C)C. The van der Waals surface area contributed by atoms with Gasteiger partial charge in [-0.2, -0.15) is 0 Å². The maximum Gasteiger partial charge on any atom is 0.256 e. The van der Waals surface area contributed by atoms with Crippen LogP contribution in [-0.2, 0) is 32.5 Å². The summed E-state index contributed by atoms with van der Waals surface area (Å²) in [7, 11) is 0. The number of anilines is 6. The molecule has 0 aromatic heterocycles. The molecule has 0 atom stereocenters. The van der Waals surface area contributed by atoms with Crippen molar-refractivity contribution in [3.8, 4) is 23.0 Å². The molecule has 0 saturated carbocycles. The molecule has 0 saturated heterocycles. The summed E-state index contributed by atoms with van der Waals surface area (Å²) in [4.78, 5) is 5.11. The van der Waals surface area contributed by atoms with E-state index in [4.69, 9.17) is 9.47 Å². The van der Waals surface area contributed by atoms with E-state index in [9.17, 15) is 0 Å². The molecule has 362 valence electrons. The first-order chi connectivity index (χ1) is 33.9. The zero-order valence-electron chi connectivity index (χ0n) is 45.2. The number of fused-ring (bicyclic) bond motifs is 10. The molecule has 72 heavy (non-hydrogen) atoms. The molecular weight excluding hydrogens is 874 g/mol. The zero-order chi connectivity index (χ0) is 50.4. The van der Waals surface area contributed by atoms with Gasteiger partial charge >= 0.3 is 0 Å². The minimum Gasteiger partial charge on any atom is -0.458 e. The number of benzene rings is 7. The number of hydrogen-bond donors (Lipinski definition) is 0.